The van der Waals surface area contributed by atoms with E-state index < -0.39 is 0 Å². The minimum Gasteiger partial charge on any atom is -0.377 e. The van der Waals surface area contributed by atoms with Gasteiger partial charge in [0.15, 0.2) is 0 Å². The van der Waals surface area contributed by atoms with Crippen molar-refractivity contribution in [2.75, 3.05) is 26.4 Å². The molecule has 2 saturated carbocycles. The Labute approximate surface area is 134 Å². The third kappa shape index (κ3) is 3.23. The highest BCUT2D eigenvalue weighted by atomic mass is 16.5. The zero-order valence-electron chi connectivity index (χ0n) is 13.4. The summed E-state index contributed by atoms with van der Waals surface area (Å²) in [7, 11) is 0. The summed E-state index contributed by atoms with van der Waals surface area (Å²) in [5, 5.41) is 0. The van der Waals surface area contributed by atoms with Gasteiger partial charge < -0.3 is 9.47 Å². The fourth-order valence-electron chi connectivity index (χ4n) is 4.88. The molecule has 0 N–H and O–H groups in total. The standard InChI is InChI=1S/C20H28O2/c1(7-21-13-19-11-15-3-5-17(19)9-15)2-8-22-14-20-12-16-4-6-18(20)10-16/h1-6,15-20H,7-14H2. The lowest BCUT2D eigenvalue weighted by Crippen LogP contribution is -2.15. The zero-order valence-corrected chi connectivity index (χ0v) is 13.4. The number of hydrogen-bond donors (Lipinski definition) is 0. The third-order valence-corrected chi connectivity index (χ3v) is 6.09. The van der Waals surface area contributed by atoms with Crippen molar-refractivity contribution in [2.24, 2.45) is 35.5 Å². The molecule has 0 heterocycles. The summed E-state index contributed by atoms with van der Waals surface area (Å²) in [5.41, 5.74) is 0. The largest absolute Gasteiger partial charge is 0.377 e. The van der Waals surface area contributed by atoms with E-state index in [1.807, 2.05) is 0 Å². The summed E-state index contributed by atoms with van der Waals surface area (Å²) in [6.45, 7) is 3.32. The first kappa shape index (κ1) is 14.7. The Bertz CT molecular complexity index is 422. The molecule has 6 atom stereocenters. The predicted molar refractivity (Wildman–Crippen MR) is 88.5 cm³/mol. The summed E-state index contributed by atoms with van der Waals surface area (Å²) in [4.78, 5) is 0. The van der Waals surface area contributed by atoms with E-state index in [1.165, 1.54) is 25.7 Å². The van der Waals surface area contributed by atoms with Gasteiger partial charge in [-0.05, 0) is 61.2 Å². The van der Waals surface area contributed by atoms with Gasteiger partial charge in [0.25, 0.3) is 0 Å². The quantitative estimate of drug-likeness (QED) is 0.498. The Kier molecular flexibility index (Phi) is 4.49. The van der Waals surface area contributed by atoms with Gasteiger partial charge in [-0.25, -0.2) is 0 Å². The molecule has 6 unspecified atom stereocenters. The average molecular weight is 300 g/mol. The van der Waals surface area contributed by atoms with Gasteiger partial charge in [-0.1, -0.05) is 36.5 Å². The van der Waals surface area contributed by atoms with E-state index >= 15 is 0 Å². The van der Waals surface area contributed by atoms with Crippen LogP contribution in [0.25, 0.3) is 0 Å². The van der Waals surface area contributed by atoms with Crippen LogP contribution in [0.5, 0.6) is 0 Å². The molecule has 2 nitrogen and oxygen atoms in total. The first-order valence-electron chi connectivity index (χ1n) is 9.05. The van der Waals surface area contributed by atoms with Crippen LogP contribution in [0.3, 0.4) is 0 Å². The molecule has 22 heavy (non-hydrogen) atoms. The number of allylic oxidation sites excluding steroid dienone is 4. The molecule has 0 radical (unpaired) electrons. The Hall–Kier alpha value is -0.860. The summed E-state index contributed by atoms with van der Waals surface area (Å²) in [5.74, 6) is 4.84. The molecule has 4 aliphatic carbocycles. The van der Waals surface area contributed by atoms with Crippen LogP contribution in [0.2, 0.25) is 0 Å². The summed E-state index contributed by atoms with van der Waals surface area (Å²) >= 11 is 0. The molecule has 4 rings (SSSR count). The Balaban J connectivity index is 1.04. The minimum atomic E-state index is 0.734. The molecule has 0 aliphatic heterocycles. The number of ether oxygens (including phenoxy) is 2. The molecular weight excluding hydrogens is 272 g/mol. The molecular formula is C20H28O2. The maximum atomic E-state index is 5.81. The van der Waals surface area contributed by atoms with Gasteiger partial charge in [0.1, 0.15) is 0 Å². The molecule has 0 amide bonds. The molecule has 0 saturated heterocycles. The van der Waals surface area contributed by atoms with Gasteiger partial charge in [0, 0.05) is 0 Å². The van der Waals surface area contributed by atoms with Gasteiger partial charge in [-0.3, -0.25) is 0 Å². The lowest BCUT2D eigenvalue weighted by molar-refractivity contribution is 0.106. The fourth-order valence-corrected chi connectivity index (χ4v) is 4.88. The molecule has 0 aromatic rings. The van der Waals surface area contributed by atoms with Gasteiger partial charge >= 0.3 is 0 Å². The maximum Gasteiger partial charge on any atom is 0.0648 e. The molecule has 4 aliphatic rings. The van der Waals surface area contributed by atoms with Gasteiger partial charge in [0.2, 0.25) is 0 Å². The van der Waals surface area contributed by atoms with E-state index in [1.54, 1.807) is 0 Å². The van der Waals surface area contributed by atoms with Crippen LogP contribution in [0.1, 0.15) is 25.7 Å². The first-order valence-corrected chi connectivity index (χ1v) is 9.05. The van der Waals surface area contributed by atoms with Crippen LogP contribution in [-0.2, 0) is 9.47 Å². The van der Waals surface area contributed by atoms with E-state index in [0.717, 1.165) is 61.9 Å². The highest BCUT2D eigenvalue weighted by molar-refractivity contribution is 5.10. The topological polar surface area (TPSA) is 18.5 Å². The Morgan fingerprint density at radius 2 is 1.18 bits per heavy atom. The van der Waals surface area contributed by atoms with Crippen LogP contribution in [0.15, 0.2) is 36.5 Å². The van der Waals surface area contributed by atoms with Crippen molar-refractivity contribution >= 4 is 0 Å². The van der Waals surface area contributed by atoms with Crippen molar-refractivity contribution < 1.29 is 9.47 Å². The van der Waals surface area contributed by atoms with E-state index in [9.17, 15) is 0 Å². The third-order valence-electron chi connectivity index (χ3n) is 6.09. The maximum absolute atomic E-state index is 5.81. The van der Waals surface area contributed by atoms with Crippen LogP contribution in [0, 0.1) is 35.5 Å². The van der Waals surface area contributed by atoms with E-state index in [2.05, 4.69) is 36.5 Å². The normalized spacial score (nSPS) is 41.5. The molecule has 2 heteroatoms. The second kappa shape index (κ2) is 6.72. The van der Waals surface area contributed by atoms with Crippen molar-refractivity contribution in [3.8, 4) is 0 Å². The molecule has 0 aromatic heterocycles. The van der Waals surface area contributed by atoms with Gasteiger partial charge in [-0.15, -0.1) is 0 Å². The predicted octanol–water partition coefficient (Wildman–Crippen LogP) is 4.00. The zero-order chi connectivity index (χ0) is 14.8. The second-order valence-electron chi connectivity index (χ2n) is 7.63. The summed E-state index contributed by atoms with van der Waals surface area (Å²) in [6, 6.07) is 0. The van der Waals surface area contributed by atoms with E-state index in [0.29, 0.717) is 0 Å². The average Bonchev–Trinajstić information content (AvgIpc) is 3.30. The molecule has 4 bridgehead atoms. The van der Waals surface area contributed by atoms with Crippen molar-refractivity contribution in [3.05, 3.63) is 36.5 Å². The van der Waals surface area contributed by atoms with Gasteiger partial charge in [0.05, 0.1) is 26.4 Å². The van der Waals surface area contributed by atoms with E-state index in [-0.39, 0.29) is 0 Å². The lowest BCUT2D eigenvalue weighted by atomic mass is 9.95. The van der Waals surface area contributed by atoms with Crippen LogP contribution in [0.4, 0.5) is 0 Å². The smallest absolute Gasteiger partial charge is 0.0648 e. The Morgan fingerprint density at radius 1 is 0.682 bits per heavy atom. The highest BCUT2D eigenvalue weighted by Gasteiger charge is 2.36. The molecule has 0 spiro atoms. The van der Waals surface area contributed by atoms with Crippen molar-refractivity contribution in [1.29, 1.82) is 0 Å². The van der Waals surface area contributed by atoms with Gasteiger partial charge in [-0.2, -0.15) is 0 Å². The highest BCUT2D eigenvalue weighted by Crippen LogP contribution is 2.44. The number of rotatable bonds is 8. The molecule has 0 aromatic carbocycles. The summed E-state index contributed by atoms with van der Waals surface area (Å²) < 4.78 is 11.6. The first-order chi connectivity index (χ1) is 10.9. The fraction of sp³-hybridized carbons (Fsp3) is 0.700. The minimum absolute atomic E-state index is 0.734. The Morgan fingerprint density at radius 3 is 1.55 bits per heavy atom. The number of fused-ring (bicyclic) bond motifs is 4. The molecule has 2 fully saturated rings. The van der Waals surface area contributed by atoms with Crippen molar-refractivity contribution in [2.45, 2.75) is 25.7 Å². The monoisotopic (exact) mass is 300 g/mol. The number of hydrogen-bond acceptors (Lipinski definition) is 2. The lowest BCUT2D eigenvalue weighted by Gasteiger charge is -2.17. The van der Waals surface area contributed by atoms with E-state index in [4.69, 9.17) is 9.47 Å². The van der Waals surface area contributed by atoms with Crippen LogP contribution in [-0.4, -0.2) is 26.4 Å². The van der Waals surface area contributed by atoms with Crippen molar-refractivity contribution in [1.82, 2.24) is 0 Å². The van der Waals surface area contributed by atoms with Crippen LogP contribution >= 0.6 is 0 Å². The van der Waals surface area contributed by atoms with Crippen molar-refractivity contribution in [3.63, 3.8) is 0 Å². The SMILES string of the molecule is C(=CCOCC1CC2C=CC1C2)COCC1CC2C=CC1C2. The molecule has 120 valence electrons. The summed E-state index contributed by atoms with van der Waals surface area (Å²) in [6.07, 6.45) is 19.2. The second-order valence-corrected chi connectivity index (χ2v) is 7.63. The van der Waals surface area contributed by atoms with Crippen LogP contribution < -0.4 is 0 Å².